The molecule has 0 spiro atoms. The van der Waals surface area contributed by atoms with E-state index in [0.29, 0.717) is 5.92 Å². The van der Waals surface area contributed by atoms with Crippen molar-refractivity contribution < 1.29 is 4.79 Å². The van der Waals surface area contributed by atoms with Crippen molar-refractivity contribution in [3.05, 3.63) is 30.3 Å². The van der Waals surface area contributed by atoms with Gasteiger partial charge < -0.3 is 11.1 Å². The smallest absolute Gasteiger partial charge is 0.243 e. The summed E-state index contributed by atoms with van der Waals surface area (Å²) >= 11 is 0. The zero-order chi connectivity index (χ0) is 11.6. The van der Waals surface area contributed by atoms with E-state index < -0.39 is 5.54 Å². The Labute approximate surface area is 96.0 Å². The molecule has 3 heteroatoms. The summed E-state index contributed by atoms with van der Waals surface area (Å²) in [5, 5.41) is 3.33. The van der Waals surface area contributed by atoms with Gasteiger partial charge in [0.15, 0.2) is 0 Å². The molecule has 0 aromatic heterocycles. The Morgan fingerprint density at radius 2 is 2.12 bits per heavy atom. The van der Waals surface area contributed by atoms with Crippen LogP contribution in [0.4, 0.5) is 5.69 Å². The molecule has 1 aromatic rings. The summed E-state index contributed by atoms with van der Waals surface area (Å²) in [7, 11) is 0. The zero-order valence-corrected chi connectivity index (χ0v) is 9.57. The van der Waals surface area contributed by atoms with Crippen molar-refractivity contribution in [3.8, 4) is 0 Å². The fourth-order valence-corrected chi connectivity index (χ4v) is 2.57. The Hall–Kier alpha value is -1.51. The van der Waals surface area contributed by atoms with E-state index in [9.17, 15) is 4.79 Å². The van der Waals surface area contributed by atoms with Crippen LogP contribution < -0.4 is 11.1 Å². The fourth-order valence-electron chi connectivity index (χ4n) is 2.57. The third-order valence-electron chi connectivity index (χ3n) is 3.63. The van der Waals surface area contributed by atoms with Crippen molar-refractivity contribution >= 4 is 11.6 Å². The third-order valence-corrected chi connectivity index (χ3v) is 3.63. The number of hydrogen-bond donors (Lipinski definition) is 2. The van der Waals surface area contributed by atoms with E-state index in [1.165, 1.54) is 0 Å². The standard InChI is InChI=1S/C13H18N2O/c1-10-6-5-9-13(10,12(14)16)15-11-7-3-2-4-8-11/h2-4,7-8,10,15H,5-6,9H2,1H3,(H2,14,16). The minimum atomic E-state index is -0.554. The quantitative estimate of drug-likeness (QED) is 0.816. The van der Waals surface area contributed by atoms with E-state index in [0.717, 1.165) is 24.9 Å². The molecule has 2 unspecified atom stereocenters. The number of anilines is 1. The molecule has 2 atom stereocenters. The van der Waals surface area contributed by atoms with Crippen LogP contribution in [0.1, 0.15) is 26.2 Å². The predicted octanol–water partition coefficient (Wildman–Crippen LogP) is 2.14. The number of carbonyl (C=O) groups excluding carboxylic acids is 1. The monoisotopic (exact) mass is 218 g/mol. The van der Waals surface area contributed by atoms with Crippen molar-refractivity contribution in [3.63, 3.8) is 0 Å². The van der Waals surface area contributed by atoms with Gasteiger partial charge >= 0.3 is 0 Å². The highest BCUT2D eigenvalue weighted by Crippen LogP contribution is 2.37. The average molecular weight is 218 g/mol. The highest BCUT2D eigenvalue weighted by molar-refractivity contribution is 5.88. The summed E-state index contributed by atoms with van der Waals surface area (Å²) in [6.07, 6.45) is 2.95. The summed E-state index contributed by atoms with van der Waals surface area (Å²) in [4.78, 5) is 11.7. The normalized spacial score (nSPS) is 28.9. The van der Waals surface area contributed by atoms with Gasteiger partial charge in [-0.15, -0.1) is 0 Å². The average Bonchev–Trinajstić information content (AvgIpc) is 2.63. The lowest BCUT2D eigenvalue weighted by molar-refractivity contribution is -0.123. The van der Waals surface area contributed by atoms with Crippen molar-refractivity contribution in [2.45, 2.75) is 31.7 Å². The number of nitrogens with two attached hydrogens (primary N) is 1. The number of benzene rings is 1. The number of carbonyl (C=O) groups is 1. The largest absolute Gasteiger partial charge is 0.371 e. The molecule has 1 aliphatic carbocycles. The highest BCUT2D eigenvalue weighted by atomic mass is 16.1. The van der Waals surface area contributed by atoms with Gasteiger partial charge in [0, 0.05) is 5.69 Å². The Morgan fingerprint density at radius 3 is 2.62 bits per heavy atom. The molecule has 1 aromatic carbocycles. The molecule has 0 radical (unpaired) electrons. The van der Waals surface area contributed by atoms with Crippen LogP contribution in [0.15, 0.2) is 30.3 Å². The van der Waals surface area contributed by atoms with E-state index in [-0.39, 0.29) is 5.91 Å². The van der Waals surface area contributed by atoms with Crippen LogP contribution in [0.25, 0.3) is 0 Å². The second-order valence-corrected chi connectivity index (χ2v) is 4.62. The first-order chi connectivity index (χ1) is 7.65. The van der Waals surface area contributed by atoms with Gasteiger partial charge in [0.05, 0.1) is 0 Å². The molecule has 0 bridgehead atoms. The summed E-state index contributed by atoms with van der Waals surface area (Å²) in [6, 6.07) is 9.80. The Kier molecular flexibility index (Phi) is 2.86. The van der Waals surface area contributed by atoms with Crippen molar-refractivity contribution in [1.82, 2.24) is 0 Å². The van der Waals surface area contributed by atoms with Crippen LogP contribution in [0.3, 0.4) is 0 Å². The Balaban J connectivity index is 2.25. The molecule has 0 saturated heterocycles. The first-order valence-corrected chi connectivity index (χ1v) is 5.78. The summed E-state index contributed by atoms with van der Waals surface area (Å²) in [5.41, 5.74) is 5.98. The van der Waals surface area contributed by atoms with Gasteiger partial charge in [0.25, 0.3) is 0 Å². The first kappa shape index (κ1) is 11.0. The van der Waals surface area contributed by atoms with E-state index in [4.69, 9.17) is 5.73 Å². The van der Waals surface area contributed by atoms with Gasteiger partial charge in [0.1, 0.15) is 5.54 Å². The van der Waals surface area contributed by atoms with Crippen LogP contribution in [0.5, 0.6) is 0 Å². The maximum Gasteiger partial charge on any atom is 0.243 e. The molecule has 0 aliphatic heterocycles. The summed E-state index contributed by atoms with van der Waals surface area (Å²) in [6.45, 7) is 2.09. The van der Waals surface area contributed by atoms with Crippen molar-refractivity contribution in [2.75, 3.05) is 5.32 Å². The van der Waals surface area contributed by atoms with E-state index in [1.807, 2.05) is 30.3 Å². The van der Waals surface area contributed by atoms with Gasteiger partial charge in [-0.2, -0.15) is 0 Å². The number of para-hydroxylation sites is 1. The molecule has 1 saturated carbocycles. The maximum absolute atomic E-state index is 11.7. The third kappa shape index (κ3) is 1.77. The van der Waals surface area contributed by atoms with Gasteiger partial charge in [-0.1, -0.05) is 31.5 Å². The van der Waals surface area contributed by atoms with E-state index >= 15 is 0 Å². The molecule has 1 fully saturated rings. The fraction of sp³-hybridized carbons (Fsp3) is 0.462. The SMILES string of the molecule is CC1CCCC1(Nc1ccccc1)C(N)=O. The van der Waals surface area contributed by atoms with E-state index in [2.05, 4.69) is 12.2 Å². The molecular formula is C13H18N2O. The van der Waals surface area contributed by atoms with E-state index in [1.54, 1.807) is 0 Å². The lowest BCUT2D eigenvalue weighted by Gasteiger charge is -2.32. The molecular weight excluding hydrogens is 200 g/mol. The lowest BCUT2D eigenvalue weighted by atomic mass is 9.87. The Bertz CT molecular complexity index is 377. The molecule has 16 heavy (non-hydrogen) atoms. The molecule has 86 valence electrons. The minimum absolute atomic E-state index is 0.235. The summed E-state index contributed by atoms with van der Waals surface area (Å²) < 4.78 is 0. The van der Waals surface area contributed by atoms with Crippen LogP contribution in [-0.2, 0) is 4.79 Å². The van der Waals surface area contributed by atoms with Crippen LogP contribution in [0.2, 0.25) is 0 Å². The Morgan fingerprint density at radius 1 is 1.44 bits per heavy atom. The number of rotatable bonds is 3. The van der Waals surface area contributed by atoms with Gasteiger partial charge in [-0.25, -0.2) is 0 Å². The molecule has 3 nitrogen and oxygen atoms in total. The minimum Gasteiger partial charge on any atom is -0.371 e. The number of amides is 1. The van der Waals surface area contributed by atoms with Crippen LogP contribution >= 0.6 is 0 Å². The molecule has 1 amide bonds. The molecule has 2 rings (SSSR count). The van der Waals surface area contributed by atoms with Crippen molar-refractivity contribution in [2.24, 2.45) is 11.7 Å². The van der Waals surface area contributed by atoms with Crippen molar-refractivity contribution in [1.29, 1.82) is 0 Å². The summed E-state index contributed by atoms with van der Waals surface area (Å²) in [5.74, 6) is 0.0616. The highest BCUT2D eigenvalue weighted by Gasteiger charge is 2.45. The number of primary amides is 1. The number of hydrogen-bond acceptors (Lipinski definition) is 2. The second-order valence-electron chi connectivity index (χ2n) is 4.62. The topological polar surface area (TPSA) is 55.1 Å². The van der Waals surface area contributed by atoms with Crippen LogP contribution in [-0.4, -0.2) is 11.4 Å². The van der Waals surface area contributed by atoms with Gasteiger partial charge in [-0.3, -0.25) is 4.79 Å². The number of nitrogens with one attached hydrogen (secondary N) is 1. The second kappa shape index (κ2) is 4.16. The van der Waals surface area contributed by atoms with Gasteiger partial charge in [0.2, 0.25) is 5.91 Å². The predicted molar refractivity (Wildman–Crippen MR) is 65.0 cm³/mol. The molecule has 3 N–H and O–H groups in total. The maximum atomic E-state index is 11.7. The van der Waals surface area contributed by atoms with Crippen LogP contribution in [0, 0.1) is 5.92 Å². The lowest BCUT2D eigenvalue weighted by Crippen LogP contribution is -2.52. The molecule has 1 aliphatic rings. The zero-order valence-electron chi connectivity index (χ0n) is 9.57. The molecule has 0 heterocycles. The van der Waals surface area contributed by atoms with Gasteiger partial charge in [-0.05, 0) is 30.9 Å². The first-order valence-electron chi connectivity index (χ1n) is 5.78.